The first-order chi connectivity index (χ1) is 11.3. The molecule has 136 valence electrons. The van der Waals surface area contributed by atoms with Crippen molar-refractivity contribution in [2.45, 2.75) is 61.7 Å². The molecule has 3 heterocycles. The molecule has 0 radical (unpaired) electrons. The maximum absolute atomic E-state index is 13.0. The minimum Gasteiger partial charge on any atom is -0.341 e. The van der Waals surface area contributed by atoms with Crippen molar-refractivity contribution in [2.24, 2.45) is 7.05 Å². The van der Waals surface area contributed by atoms with Gasteiger partial charge in [0.1, 0.15) is 5.03 Å². The minimum atomic E-state index is -3.61. The SMILES string of the molecule is Cn1cccc1S(=O)(=O)c1nc2c(C(C)(C)C)sc(C(C)(C)C)c2s1. The van der Waals surface area contributed by atoms with Gasteiger partial charge in [-0.2, -0.15) is 0 Å². The van der Waals surface area contributed by atoms with Crippen LogP contribution in [0.15, 0.2) is 27.7 Å². The molecule has 0 unspecified atom stereocenters. The fourth-order valence-corrected chi connectivity index (χ4v) is 7.29. The molecule has 3 aromatic heterocycles. The van der Waals surface area contributed by atoms with Crippen LogP contribution in [-0.2, 0) is 27.7 Å². The van der Waals surface area contributed by atoms with E-state index >= 15 is 0 Å². The largest absolute Gasteiger partial charge is 0.341 e. The van der Waals surface area contributed by atoms with E-state index in [1.165, 1.54) is 16.2 Å². The van der Waals surface area contributed by atoms with Gasteiger partial charge in [-0.3, -0.25) is 0 Å². The van der Waals surface area contributed by atoms with Crippen molar-refractivity contribution in [3.63, 3.8) is 0 Å². The van der Waals surface area contributed by atoms with Crippen LogP contribution in [0.5, 0.6) is 0 Å². The van der Waals surface area contributed by atoms with Gasteiger partial charge in [0.25, 0.3) is 0 Å². The van der Waals surface area contributed by atoms with E-state index in [1.807, 2.05) is 0 Å². The zero-order chi connectivity index (χ0) is 18.8. The Hall–Kier alpha value is -1.18. The highest BCUT2D eigenvalue weighted by Crippen LogP contribution is 2.47. The second kappa shape index (κ2) is 5.66. The molecule has 0 N–H and O–H groups in total. The molecule has 3 aromatic rings. The second-order valence-corrected chi connectivity index (χ2v) is 12.5. The highest BCUT2D eigenvalue weighted by atomic mass is 32.2. The van der Waals surface area contributed by atoms with Crippen molar-refractivity contribution >= 4 is 42.7 Å². The topological polar surface area (TPSA) is 52.0 Å². The van der Waals surface area contributed by atoms with Gasteiger partial charge in [0, 0.05) is 23.0 Å². The third-order valence-electron chi connectivity index (χ3n) is 4.00. The van der Waals surface area contributed by atoms with E-state index in [2.05, 4.69) is 46.5 Å². The van der Waals surface area contributed by atoms with E-state index < -0.39 is 9.84 Å². The van der Waals surface area contributed by atoms with Gasteiger partial charge >= 0.3 is 0 Å². The van der Waals surface area contributed by atoms with E-state index in [0.717, 1.165) is 15.1 Å². The molecule has 25 heavy (non-hydrogen) atoms. The predicted octanol–water partition coefficient (Wildman–Crippen LogP) is 5.12. The summed E-state index contributed by atoms with van der Waals surface area (Å²) in [7, 11) is -1.87. The zero-order valence-electron chi connectivity index (χ0n) is 15.7. The van der Waals surface area contributed by atoms with Gasteiger partial charge in [-0.15, -0.1) is 22.7 Å². The fourth-order valence-electron chi connectivity index (χ4n) is 2.74. The zero-order valence-corrected chi connectivity index (χ0v) is 18.1. The molecule has 0 bridgehead atoms. The molecular formula is C18H24N2O2S3. The van der Waals surface area contributed by atoms with E-state index in [-0.39, 0.29) is 20.2 Å². The average molecular weight is 397 g/mol. The summed E-state index contributed by atoms with van der Waals surface area (Å²) in [4.78, 5) is 6.97. The van der Waals surface area contributed by atoms with Crippen LogP contribution in [0.2, 0.25) is 0 Å². The number of fused-ring (bicyclic) bond motifs is 1. The second-order valence-electron chi connectivity index (χ2n) is 8.38. The van der Waals surface area contributed by atoms with Crippen LogP contribution < -0.4 is 0 Å². The summed E-state index contributed by atoms with van der Waals surface area (Å²) in [5, 5.41) is 0.280. The molecule has 0 aliphatic carbocycles. The Morgan fingerprint density at radius 2 is 1.60 bits per heavy atom. The van der Waals surface area contributed by atoms with E-state index in [4.69, 9.17) is 0 Å². The Morgan fingerprint density at radius 1 is 1.00 bits per heavy atom. The van der Waals surface area contributed by atoms with Crippen molar-refractivity contribution in [3.8, 4) is 0 Å². The van der Waals surface area contributed by atoms with Gasteiger partial charge in [0.05, 0.1) is 10.2 Å². The number of rotatable bonds is 2. The Kier molecular flexibility index (Phi) is 4.21. The molecule has 0 saturated carbocycles. The van der Waals surface area contributed by atoms with Gasteiger partial charge in [-0.05, 0) is 23.0 Å². The predicted molar refractivity (Wildman–Crippen MR) is 106 cm³/mol. The Morgan fingerprint density at radius 3 is 2.08 bits per heavy atom. The molecule has 4 nitrogen and oxygen atoms in total. The van der Waals surface area contributed by atoms with E-state index in [0.29, 0.717) is 0 Å². The lowest BCUT2D eigenvalue weighted by molar-refractivity contribution is 0.584. The summed E-state index contributed by atoms with van der Waals surface area (Å²) in [6, 6.07) is 3.36. The minimum absolute atomic E-state index is 0.0506. The van der Waals surface area contributed by atoms with Crippen LogP contribution in [0.1, 0.15) is 51.3 Å². The molecule has 3 rings (SSSR count). The molecule has 0 spiro atoms. The molecule has 7 heteroatoms. The van der Waals surface area contributed by atoms with Crippen molar-refractivity contribution in [2.75, 3.05) is 0 Å². The lowest BCUT2D eigenvalue weighted by atomic mass is 9.92. The maximum atomic E-state index is 13.0. The maximum Gasteiger partial charge on any atom is 0.248 e. The van der Waals surface area contributed by atoms with Crippen LogP contribution in [0.3, 0.4) is 0 Å². The normalized spacial score (nSPS) is 13.7. The van der Waals surface area contributed by atoms with Crippen molar-refractivity contribution in [3.05, 3.63) is 28.1 Å². The summed E-state index contributed by atoms with van der Waals surface area (Å²) in [5.74, 6) is 0. The summed E-state index contributed by atoms with van der Waals surface area (Å²) in [6.07, 6.45) is 1.74. The van der Waals surface area contributed by atoms with Crippen molar-refractivity contribution in [1.29, 1.82) is 0 Å². The molecular weight excluding hydrogens is 372 g/mol. The number of nitrogens with zero attached hydrogens (tertiary/aromatic N) is 2. The average Bonchev–Trinajstić information content (AvgIpc) is 3.08. The highest BCUT2D eigenvalue weighted by molar-refractivity contribution is 7.93. The monoisotopic (exact) mass is 396 g/mol. The quantitative estimate of drug-likeness (QED) is 0.604. The number of sulfone groups is 1. The van der Waals surface area contributed by atoms with Crippen LogP contribution in [0, 0.1) is 0 Å². The van der Waals surface area contributed by atoms with Crippen molar-refractivity contribution < 1.29 is 8.42 Å². The van der Waals surface area contributed by atoms with Gasteiger partial charge in [-0.1, -0.05) is 41.5 Å². The summed E-state index contributed by atoms with van der Waals surface area (Å²) in [6.45, 7) is 12.9. The lowest BCUT2D eigenvalue weighted by Gasteiger charge is -2.18. The fraction of sp³-hybridized carbons (Fsp3) is 0.500. The van der Waals surface area contributed by atoms with Crippen LogP contribution in [-0.4, -0.2) is 18.0 Å². The van der Waals surface area contributed by atoms with Gasteiger partial charge in [0.15, 0.2) is 0 Å². The van der Waals surface area contributed by atoms with Crippen LogP contribution >= 0.6 is 22.7 Å². The van der Waals surface area contributed by atoms with Crippen LogP contribution in [0.4, 0.5) is 0 Å². The Balaban J connectivity index is 2.31. The first-order valence-electron chi connectivity index (χ1n) is 8.14. The molecule has 0 aromatic carbocycles. The number of aromatic nitrogens is 2. The number of aryl methyl sites for hydroxylation is 1. The third kappa shape index (κ3) is 3.06. The number of thiophene rings is 1. The number of thiazole rings is 1. The molecule has 0 aliphatic rings. The third-order valence-corrected chi connectivity index (χ3v) is 9.46. The number of hydrogen-bond acceptors (Lipinski definition) is 5. The standard InChI is InChI=1S/C18H24N2O2S3/c1-17(2,3)14-12-13(15(24-14)18(4,5)6)23-16(19-12)25(21,22)11-9-8-10-20(11)7/h8-10H,1-7H3. The molecule has 0 fully saturated rings. The molecule has 0 atom stereocenters. The first kappa shape index (κ1) is 18.6. The van der Waals surface area contributed by atoms with Gasteiger partial charge in [0.2, 0.25) is 14.2 Å². The van der Waals surface area contributed by atoms with Crippen molar-refractivity contribution in [1.82, 2.24) is 9.55 Å². The van der Waals surface area contributed by atoms with Crippen LogP contribution in [0.25, 0.3) is 10.2 Å². The lowest BCUT2D eigenvalue weighted by Crippen LogP contribution is -2.11. The highest BCUT2D eigenvalue weighted by Gasteiger charge is 2.33. The first-order valence-corrected chi connectivity index (χ1v) is 11.3. The van der Waals surface area contributed by atoms with E-state index in [1.54, 1.807) is 41.3 Å². The molecule has 0 aliphatic heterocycles. The smallest absolute Gasteiger partial charge is 0.248 e. The summed E-state index contributed by atoms with van der Waals surface area (Å²) in [5.41, 5.74) is 0.720. The summed E-state index contributed by atoms with van der Waals surface area (Å²) >= 11 is 3.06. The van der Waals surface area contributed by atoms with E-state index in [9.17, 15) is 8.42 Å². The summed E-state index contributed by atoms with van der Waals surface area (Å²) < 4.78 is 28.9. The number of hydrogen-bond donors (Lipinski definition) is 0. The van der Waals surface area contributed by atoms with Gasteiger partial charge < -0.3 is 4.57 Å². The van der Waals surface area contributed by atoms with Gasteiger partial charge in [-0.25, -0.2) is 13.4 Å². The molecule has 0 saturated heterocycles. The Labute approximate surface area is 157 Å². The molecule has 0 amide bonds. The Bertz CT molecular complexity index is 992.